The minimum atomic E-state index is -1.12. The lowest BCUT2D eigenvalue weighted by Gasteiger charge is -2.37. The number of imide groups is 1. The summed E-state index contributed by atoms with van der Waals surface area (Å²) < 4.78 is 5.47. The Kier molecular flexibility index (Phi) is 6.87. The summed E-state index contributed by atoms with van der Waals surface area (Å²) in [5.41, 5.74) is 1.19. The normalized spacial score (nSPS) is 22.1. The Morgan fingerprint density at radius 2 is 1.59 bits per heavy atom. The van der Waals surface area contributed by atoms with Crippen molar-refractivity contribution in [1.82, 2.24) is 9.80 Å². The molecule has 0 N–H and O–H groups in total. The summed E-state index contributed by atoms with van der Waals surface area (Å²) in [7, 11) is 0. The molecule has 1 heterocycles. The Hall–Kier alpha value is -3.41. The average molecular weight is 461 g/mol. The summed E-state index contributed by atoms with van der Waals surface area (Å²) in [5.74, 6) is -0.901. The summed E-state index contributed by atoms with van der Waals surface area (Å²) in [6.07, 6.45) is 3.32. The van der Waals surface area contributed by atoms with Crippen LogP contribution in [-0.4, -0.2) is 39.4 Å². The highest BCUT2D eigenvalue weighted by Gasteiger charge is 2.63. The third-order valence-corrected chi connectivity index (χ3v) is 6.61. The quantitative estimate of drug-likeness (QED) is 0.407. The molecular weight excluding hydrogens is 428 g/mol. The molecule has 6 nitrogen and oxygen atoms in total. The molecule has 1 fully saturated rings. The zero-order valence-corrected chi connectivity index (χ0v) is 20.1. The minimum absolute atomic E-state index is 0.173. The van der Waals surface area contributed by atoms with Crippen molar-refractivity contribution in [3.8, 4) is 0 Å². The lowest BCUT2D eigenvalue weighted by molar-refractivity contribution is -0.143. The molecule has 1 aliphatic carbocycles. The van der Waals surface area contributed by atoms with Crippen LogP contribution in [0.5, 0.6) is 0 Å². The zero-order chi connectivity index (χ0) is 24.3. The van der Waals surface area contributed by atoms with E-state index >= 15 is 0 Å². The van der Waals surface area contributed by atoms with E-state index in [1.165, 1.54) is 4.90 Å². The number of amides is 3. The maximum Gasteiger partial charge on any atom is 0.334 e. The van der Waals surface area contributed by atoms with Gasteiger partial charge in [0.15, 0.2) is 0 Å². The number of urea groups is 1. The van der Waals surface area contributed by atoms with Crippen molar-refractivity contribution in [3.05, 3.63) is 83.4 Å². The Balaban J connectivity index is 1.74. The highest BCUT2D eigenvalue weighted by molar-refractivity contribution is 6.09. The molecule has 2 aliphatic rings. The largest absolute Gasteiger partial charge is 0.460 e. The van der Waals surface area contributed by atoms with Crippen LogP contribution in [-0.2, 0) is 27.4 Å². The van der Waals surface area contributed by atoms with Gasteiger partial charge in [-0.05, 0) is 31.4 Å². The van der Waals surface area contributed by atoms with Crippen LogP contribution in [0.25, 0.3) is 0 Å². The van der Waals surface area contributed by atoms with Crippen LogP contribution in [0.3, 0.4) is 0 Å². The number of carbonyl (C=O) groups excluding carboxylic acids is 3. The minimum Gasteiger partial charge on any atom is -0.460 e. The molecule has 2 atom stereocenters. The van der Waals surface area contributed by atoms with Gasteiger partial charge in [0.1, 0.15) is 5.54 Å². The van der Waals surface area contributed by atoms with Gasteiger partial charge in [-0.15, -0.1) is 0 Å². The van der Waals surface area contributed by atoms with Gasteiger partial charge >= 0.3 is 12.0 Å². The molecule has 1 aliphatic heterocycles. The molecule has 4 rings (SSSR count). The Labute approximate surface area is 201 Å². The van der Waals surface area contributed by atoms with Gasteiger partial charge in [0, 0.05) is 24.5 Å². The van der Waals surface area contributed by atoms with Crippen molar-refractivity contribution in [3.63, 3.8) is 0 Å². The number of nitrogens with zero attached hydrogens (tertiary/aromatic N) is 2. The van der Waals surface area contributed by atoms with Gasteiger partial charge in [-0.1, -0.05) is 80.1 Å². The second-order valence-corrected chi connectivity index (χ2v) is 9.37. The Morgan fingerprint density at radius 1 is 1.00 bits per heavy atom. The second kappa shape index (κ2) is 9.84. The van der Waals surface area contributed by atoms with E-state index in [9.17, 15) is 14.4 Å². The number of esters is 1. The van der Waals surface area contributed by atoms with Crippen LogP contribution in [0.2, 0.25) is 0 Å². The maximum atomic E-state index is 14.1. The topological polar surface area (TPSA) is 66.9 Å². The maximum absolute atomic E-state index is 14.1. The van der Waals surface area contributed by atoms with E-state index in [1.807, 2.05) is 66.7 Å². The molecular formula is C28H32N2O4. The van der Waals surface area contributed by atoms with E-state index < -0.39 is 11.5 Å². The first-order valence-corrected chi connectivity index (χ1v) is 12.0. The number of carbonyl (C=O) groups is 3. The van der Waals surface area contributed by atoms with Crippen LogP contribution < -0.4 is 0 Å². The first kappa shape index (κ1) is 23.7. The van der Waals surface area contributed by atoms with Crippen LogP contribution in [0.4, 0.5) is 4.79 Å². The lowest BCUT2D eigenvalue weighted by atomic mass is 9.81. The SMILES string of the molecule is CCC[C@H]1C=C(C(=O)OC(C)C)C[C@]12C(=O)N(Cc1ccccc1)C(=O)N2Cc1ccccc1. The number of hydrogen-bond donors (Lipinski definition) is 0. The number of hydrogen-bond acceptors (Lipinski definition) is 4. The Bertz CT molecular complexity index is 1080. The fourth-order valence-corrected chi connectivity index (χ4v) is 5.09. The number of rotatable bonds is 8. The fraction of sp³-hybridized carbons (Fsp3) is 0.393. The molecule has 1 saturated heterocycles. The van der Waals surface area contributed by atoms with Gasteiger partial charge in [-0.25, -0.2) is 9.59 Å². The third kappa shape index (κ3) is 4.37. The lowest BCUT2D eigenvalue weighted by Crippen LogP contribution is -2.52. The van der Waals surface area contributed by atoms with Crippen molar-refractivity contribution in [2.45, 2.75) is 64.8 Å². The predicted molar refractivity (Wildman–Crippen MR) is 129 cm³/mol. The second-order valence-electron chi connectivity index (χ2n) is 9.37. The molecule has 178 valence electrons. The molecule has 0 saturated carbocycles. The van der Waals surface area contributed by atoms with E-state index in [2.05, 4.69) is 6.92 Å². The van der Waals surface area contributed by atoms with Crippen LogP contribution in [0.1, 0.15) is 51.2 Å². The van der Waals surface area contributed by atoms with Gasteiger partial charge in [0.05, 0.1) is 12.6 Å². The number of benzene rings is 2. The van der Waals surface area contributed by atoms with E-state index in [4.69, 9.17) is 4.74 Å². The average Bonchev–Trinajstić information content (AvgIpc) is 3.29. The molecule has 3 amide bonds. The van der Waals surface area contributed by atoms with E-state index in [0.29, 0.717) is 18.5 Å². The van der Waals surface area contributed by atoms with Crippen LogP contribution >= 0.6 is 0 Å². The van der Waals surface area contributed by atoms with Gasteiger partial charge in [-0.3, -0.25) is 9.69 Å². The standard InChI is InChI=1S/C28H32N2O4/c1-4-11-24-16-23(25(31)34-20(2)3)17-28(24)26(32)29(18-21-12-7-5-8-13-21)27(33)30(28)19-22-14-9-6-10-15-22/h5-10,12-16,20,24H,4,11,17-19H2,1-3H3/t24-,28+/m0/s1. The summed E-state index contributed by atoms with van der Waals surface area (Å²) >= 11 is 0. The highest BCUT2D eigenvalue weighted by atomic mass is 16.5. The van der Waals surface area contributed by atoms with Gasteiger partial charge in [-0.2, -0.15) is 0 Å². The smallest absolute Gasteiger partial charge is 0.334 e. The molecule has 6 heteroatoms. The monoisotopic (exact) mass is 460 g/mol. The molecule has 0 bridgehead atoms. The molecule has 34 heavy (non-hydrogen) atoms. The van der Waals surface area contributed by atoms with Gasteiger partial charge < -0.3 is 9.64 Å². The summed E-state index contributed by atoms with van der Waals surface area (Å²) in [5, 5.41) is 0. The molecule has 1 spiro atoms. The molecule has 0 radical (unpaired) electrons. The number of ether oxygens (including phenoxy) is 1. The highest BCUT2D eigenvalue weighted by Crippen LogP contribution is 2.48. The Morgan fingerprint density at radius 3 is 2.15 bits per heavy atom. The fourth-order valence-electron chi connectivity index (χ4n) is 5.09. The first-order chi connectivity index (χ1) is 16.4. The van der Waals surface area contributed by atoms with Crippen molar-refractivity contribution in [2.24, 2.45) is 5.92 Å². The van der Waals surface area contributed by atoms with Crippen molar-refractivity contribution < 1.29 is 19.1 Å². The molecule has 2 aromatic rings. The van der Waals surface area contributed by atoms with Gasteiger partial charge in [0.25, 0.3) is 5.91 Å². The molecule has 0 unspecified atom stereocenters. The van der Waals surface area contributed by atoms with E-state index in [1.54, 1.807) is 18.7 Å². The molecule has 0 aromatic heterocycles. The third-order valence-electron chi connectivity index (χ3n) is 6.61. The van der Waals surface area contributed by atoms with Crippen molar-refractivity contribution in [2.75, 3.05) is 0 Å². The molecule has 2 aromatic carbocycles. The summed E-state index contributed by atoms with van der Waals surface area (Å²) in [6.45, 7) is 6.17. The summed E-state index contributed by atoms with van der Waals surface area (Å²) in [6, 6.07) is 18.9. The van der Waals surface area contributed by atoms with E-state index in [-0.39, 0.29) is 36.9 Å². The van der Waals surface area contributed by atoms with Crippen LogP contribution in [0.15, 0.2) is 72.3 Å². The van der Waals surface area contributed by atoms with Crippen LogP contribution in [0, 0.1) is 5.92 Å². The van der Waals surface area contributed by atoms with Crippen molar-refractivity contribution >= 4 is 17.9 Å². The van der Waals surface area contributed by atoms with Gasteiger partial charge in [0.2, 0.25) is 0 Å². The van der Waals surface area contributed by atoms with E-state index in [0.717, 1.165) is 17.5 Å². The van der Waals surface area contributed by atoms with Crippen molar-refractivity contribution in [1.29, 1.82) is 0 Å². The zero-order valence-electron chi connectivity index (χ0n) is 20.1. The predicted octanol–water partition coefficient (Wildman–Crippen LogP) is 5.09. The first-order valence-electron chi connectivity index (χ1n) is 12.0. The summed E-state index contributed by atoms with van der Waals surface area (Å²) in [4.78, 5) is 43.8.